The van der Waals surface area contributed by atoms with E-state index in [9.17, 15) is 4.79 Å². The normalized spacial score (nSPS) is 14.8. The zero-order valence-electron chi connectivity index (χ0n) is 11.6. The van der Waals surface area contributed by atoms with E-state index < -0.39 is 0 Å². The Kier molecular flexibility index (Phi) is 5.25. The predicted octanol–water partition coefficient (Wildman–Crippen LogP) is 1.94. The molecule has 0 saturated carbocycles. The van der Waals surface area contributed by atoms with Gasteiger partial charge in [-0.15, -0.1) is 0 Å². The summed E-state index contributed by atoms with van der Waals surface area (Å²) in [4.78, 5) is 14.1. The van der Waals surface area contributed by atoms with E-state index in [1.807, 2.05) is 0 Å². The molecule has 1 amide bonds. The van der Waals surface area contributed by atoms with Gasteiger partial charge in [-0.2, -0.15) is 0 Å². The number of benzene rings is 1. The number of carbonyl (C=O) groups excluding carboxylic acids is 1. The predicted molar refractivity (Wildman–Crippen MR) is 79.0 cm³/mol. The van der Waals surface area contributed by atoms with E-state index in [-0.39, 0.29) is 10.7 Å². The molecular formula is C14H18BrNO4. The summed E-state index contributed by atoms with van der Waals surface area (Å²) in [6.45, 7) is 2.18. The number of carbonyl (C=O) groups is 1. The maximum atomic E-state index is 12.3. The minimum absolute atomic E-state index is 0.0532. The van der Waals surface area contributed by atoms with E-state index in [1.165, 1.54) is 0 Å². The van der Waals surface area contributed by atoms with Gasteiger partial charge in [0.15, 0.2) is 11.5 Å². The average Bonchev–Trinajstić information content (AvgIpc) is 2.46. The largest absolute Gasteiger partial charge is 0.486 e. The van der Waals surface area contributed by atoms with E-state index in [4.69, 9.17) is 14.2 Å². The number of methoxy groups -OCH3 is 1. The molecule has 0 N–H and O–H groups in total. The number of hydrogen-bond acceptors (Lipinski definition) is 4. The molecule has 1 heterocycles. The molecule has 1 atom stereocenters. The topological polar surface area (TPSA) is 48.0 Å². The lowest BCUT2D eigenvalue weighted by molar-refractivity contribution is 0.0783. The first kappa shape index (κ1) is 15.1. The quantitative estimate of drug-likeness (QED) is 0.766. The lowest BCUT2D eigenvalue weighted by Crippen LogP contribution is -2.33. The Morgan fingerprint density at radius 3 is 2.80 bits per heavy atom. The highest BCUT2D eigenvalue weighted by Gasteiger charge is 2.19. The Hall–Kier alpha value is -1.27. The van der Waals surface area contributed by atoms with Crippen molar-refractivity contribution in [3.63, 3.8) is 0 Å². The number of amides is 1. The first-order valence-corrected chi connectivity index (χ1v) is 7.31. The van der Waals surface area contributed by atoms with Crippen LogP contribution < -0.4 is 9.47 Å². The Balaban J connectivity index is 2.05. The van der Waals surface area contributed by atoms with Gasteiger partial charge in [0.25, 0.3) is 5.91 Å². The van der Waals surface area contributed by atoms with Crippen molar-refractivity contribution in [3.05, 3.63) is 23.8 Å². The van der Waals surface area contributed by atoms with E-state index in [2.05, 4.69) is 15.9 Å². The number of rotatable bonds is 5. The second-order valence-corrected chi connectivity index (χ2v) is 5.89. The lowest BCUT2D eigenvalue weighted by Gasteiger charge is -2.22. The van der Waals surface area contributed by atoms with Gasteiger partial charge in [-0.3, -0.25) is 4.79 Å². The van der Waals surface area contributed by atoms with Gasteiger partial charge in [-0.05, 0) is 18.2 Å². The van der Waals surface area contributed by atoms with Crippen molar-refractivity contribution >= 4 is 21.8 Å². The van der Waals surface area contributed by atoms with Crippen molar-refractivity contribution in [1.82, 2.24) is 4.90 Å². The molecule has 110 valence electrons. The van der Waals surface area contributed by atoms with Crippen LogP contribution in [0, 0.1) is 0 Å². The fourth-order valence-electron chi connectivity index (χ4n) is 2.01. The molecule has 1 aromatic carbocycles. The summed E-state index contributed by atoms with van der Waals surface area (Å²) in [7, 11) is 3.40. The molecule has 1 aliphatic rings. The molecule has 0 aromatic heterocycles. The minimum Gasteiger partial charge on any atom is -0.486 e. The van der Waals surface area contributed by atoms with Gasteiger partial charge < -0.3 is 19.1 Å². The van der Waals surface area contributed by atoms with Gasteiger partial charge in [0, 0.05) is 26.3 Å². The van der Waals surface area contributed by atoms with Gasteiger partial charge in [-0.1, -0.05) is 15.9 Å². The molecule has 20 heavy (non-hydrogen) atoms. The van der Waals surface area contributed by atoms with Crippen LogP contribution in [0.4, 0.5) is 0 Å². The third-order valence-electron chi connectivity index (χ3n) is 2.96. The van der Waals surface area contributed by atoms with Crippen molar-refractivity contribution in [2.24, 2.45) is 0 Å². The number of alkyl halides is 1. The monoisotopic (exact) mass is 343 g/mol. The summed E-state index contributed by atoms with van der Waals surface area (Å²) in [5.41, 5.74) is 0.592. The summed E-state index contributed by atoms with van der Waals surface area (Å²) in [5, 5.41) is 0. The van der Waals surface area contributed by atoms with Crippen LogP contribution in [0.25, 0.3) is 0 Å². The van der Waals surface area contributed by atoms with Crippen molar-refractivity contribution in [1.29, 1.82) is 0 Å². The zero-order valence-corrected chi connectivity index (χ0v) is 13.2. The standard InChI is InChI=1S/C14H18BrNO4/c1-16(8-11(15)9-18-2)14(17)10-3-4-12-13(7-10)20-6-5-19-12/h3-4,7,11H,5-6,8-9H2,1-2H3. The molecule has 5 nitrogen and oxygen atoms in total. The summed E-state index contributed by atoms with van der Waals surface area (Å²) in [6, 6.07) is 5.26. The first-order chi connectivity index (χ1) is 9.61. The van der Waals surface area contributed by atoms with Crippen LogP contribution in [0.3, 0.4) is 0 Å². The third-order valence-corrected chi connectivity index (χ3v) is 3.51. The fourth-order valence-corrected chi connectivity index (χ4v) is 2.71. The van der Waals surface area contributed by atoms with Gasteiger partial charge in [0.2, 0.25) is 0 Å². The Morgan fingerprint density at radius 2 is 2.10 bits per heavy atom. The summed E-state index contributed by atoms with van der Waals surface area (Å²) in [6.07, 6.45) is 0. The van der Waals surface area contributed by atoms with Crippen molar-refractivity contribution in [3.8, 4) is 11.5 Å². The highest BCUT2D eigenvalue weighted by atomic mass is 79.9. The average molecular weight is 344 g/mol. The molecule has 0 spiro atoms. The fraction of sp³-hybridized carbons (Fsp3) is 0.500. The first-order valence-electron chi connectivity index (χ1n) is 6.40. The minimum atomic E-state index is -0.0532. The van der Waals surface area contributed by atoms with Crippen molar-refractivity contribution in [2.75, 3.05) is 40.5 Å². The van der Waals surface area contributed by atoms with Crippen LogP contribution >= 0.6 is 15.9 Å². The van der Waals surface area contributed by atoms with Crippen molar-refractivity contribution in [2.45, 2.75) is 4.83 Å². The van der Waals surface area contributed by atoms with Crippen LogP contribution in [0.1, 0.15) is 10.4 Å². The smallest absolute Gasteiger partial charge is 0.253 e. The SMILES string of the molecule is COCC(Br)CN(C)C(=O)c1ccc2c(c1)OCCO2. The Bertz CT molecular complexity index is 480. The van der Waals surface area contributed by atoms with Crippen LogP contribution in [-0.2, 0) is 4.74 Å². The molecule has 2 rings (SSSR count). The Morgan fingerprint density at radius 1 is 1.40 bits per heavy atom. The van der Waals surface area contributed by atoms with Crippen LogP contribution in [-0.4, -0.2) is 56.2 Å². The molecule has 0 fully saturated rings. The molecule has 0 radical (unpaired) electrons. The van der Waals surface area contributed by atoms with Gasteiger partial charge in [0.05, 0.1) is 11.4 Å². The summed E-state index contributed by atoms with van der Waals surface area (Å²) in [5.74, 6) is 1.26. The Labute approximate surface area is 126 Å². The summed E-state index contributed by atoms with van der Waals surface area (Å²) < 4.78 is 16.0. The van der Waals surface area contributed by atoms with E-state index in [1.54, 1.807) is 37.3 Å². The van der Waals surface area contributed by atoms with Crippen LogP contribution in [0.15, 0.2) is 18.2 Å². The van der Waals surface area contributed by atoms with E-state index in [0.29, 0.717) is 43.4 Å². The maximum Gasteiger partial charge on any atom is 0.253 e. The molecule has 1 unspecified atom stereocenters. The van der Waals surface area contributed by atoms with Crippen molar-refractivity contribution < 1.29 is 19.0 Å². The molecular weight excluding hydrogens is 326 g/mol. The number of halogens is 1. The van der Waals surface area contributed by atoms with Gasteiger partial charge in [0.1, 0.15) is 13.2 Å². The van der Waals surface area contributed by atoms with E-state index >= 15 is 0 Å². The summed E-state index contributed by atoms with van der Waals surface area (Å²) >= 11 is 3.48. The molecule has 1 aliphatic heterocycles. The van der Waals surface area contributed by atoms with Crippen LogP contribution in [0.2, 0.25) is 0 Å². The van der Waals surface area contributed by atoms with E-state index in [0.717, 1.165) is 0 Å². The van der Waals surface area contributed by atoms with Gasteiger partial charge >= 0.3 is 0 Å². The number of ether oxygens (including phenoxy) is 3. The second kappa shape index (κ2) is 6.95. The molecule has 6 heteroatoms. The maximum absolute atomic E-state index is 12.3. The highest BCUT2D eigenvalue weighted by Crippen LogP contribution is 2.31. The highest BCUT2D eigenvalue weighted by molar-refractivity contribution is 9.09. The second-order valence-electron chi connectivity index (χ2n) is 4.60. The molecule has 0 aliphatic carbocycles. The van der Waals surface area contributed by atoms with Crippen LogP contribution in [0.5, 0.6) is 11.5 Å². The lowest BCUT2D eigenvalue weighted by atomic mass is 10.1. The molecule has 0 saturated heterocycles. The van der Waals surface area contributed by atoms with Gasteiger partial charge in [-0.25, -0.2) is 0 Å². The number of hydrogen-bond donors (Lipinski definition) is 0. The zero-order chi connectivity index (χ0) is 14.5. The number of fused-ring (bicyclic) bond motifs is 1. The molecule has 0 bridgehead atoms. The number of nitrogens with zero attached hydrogens (tertiary/aromatic N) is 1. The third kappa shape index (κ3) is 3.64. The molecule has 1 aromatic rings.